The molecule has 14 heavy (non-hydrogen) atoms. The molecule has 0 N–H and O–H groups in total. The van der Waals surface area contributed by atoms with Crippen LogP contribution >= 0.6 is 0 Å². The van der Waals surface area contributed by atoms with Gasteiger partial charge in [-0.15, -0.1) is 0 Å². The standard InChI is InChI=1S/C10H18N2O2/c1-3-8(2)11-5-4-9-6-14-10(13)12(9)7-11/h8-9H,3-7H2,1-2H3. The zero-order valence-electron chi connectivity index (χ0n) is 8.90. The molecule has 4 nitrogen and oxygen atoms in total. The van der Waals surface area contributed by atoms with Crippen molar-refractivity contribution in [2.45, 2.75) is 38.8 Å². The van der Waals surface area contributed by atoms with E-state index in [2.05, 4.69) is 18.7 Å². The second-order valence-corrected chi connectivity index (χ2v) is 4.20. The molecule has 0 aromatic rings. The van der Waals surface area contributed by atoms with Crippen molar-refractivity contribution >= 4 is 6.09 Å². The summed E-state index contributed by atoms with van der Waals surface area (Å²) in [5.74, 6) is 0. The van der Waals surface area contributed by atoms with Crippen LogP contribution in [0, 0.1) is 0 Å². The molecule has 0 aromatic heterocycles. The lowest BCUT2D eigenvalue weighted by Gasteiger charge is -2.38. The van der Waals surface area contributed by atoms with Gasteiger partial charge >= 0.3 is 6.09 Å². The van der Waals surface area contributed by atoms with Crippen molar-refractivity contribution in [1.82, 2.24) is 9.80 Å². The van der Waals surface area contributed by atoms with Gasteiger partial charge in [0.05, 0.1) is 12.7 Å². The third-order valence-corrected chi connectivity index (χ3v) is 3.37. The molecular weight excluding hydrogens is 180 g/mol. The van der Waals surface area contributed by atoms with Gasteiger partial charge in [0.2, 0.25) is 0 Å². The van der Waals surface area contributed by atoms with E-state index in [-0.39, 0.29) is 6.09 Å². The molecule has 0 aliphatic carbocycles. The molecule has 2 unspecified atom stereocenters. The maximum absolute atomic E-state index is 11.3. The van der Waals surface area contributed by atoms with Gasteiger partial charge in [0.25, 0.3) is 0 Å². The summed E-state index contributed by atoms with van der Waals surface area (Å²) in [6.45, 7) is 6.82. The van der Waals surface area contributed by atoms with Crippen LogP contribution in [0.4, 0.5) is 4.79 Å². The van der Waals surface area contributed by atoms with E-state index in [1.165, 1.54) is 0 Å². The fraction of sp³-hybridized carbons (Fsp3) is 0.900. The minimum atomic E-state index is -0.136. The second-order valence-electron chi connectivity index (χ2n) is 4.20. The predicted octanol–water partition coefficient (Wildman–Crippen LogP) is 1.27. The van der Waals surface area contributed by atoms with Gasteiger partial charge in [0.15, 0.2) is 0 Å². The fourth-order valence-corrected chi connectivity index (χ4v) is 2.10. The van der Waals surface area contributed by atoms with E-state index in [0.29, 0.717) is 18.7 Å². The Morgan fingerprint density at radius 3 is 3.14 bits per heavy atom. The Bertz CT molecular complexity index is 232. The van der Waals surface area contributed by atoms with Crippen molar-refractivity contribution in [1.29, 1.82) is 0 Å². The second kappa shape index (κ2) is 3.77. The first-order chi connectivity index (χ1) is 6.72. The van der Waals surface area contributed by atoms with E-state index < -0.39 is 0 Å². The molecule has 0 aromatic carbocycles. The minimum absolute atomic E-state index is 0.136. The van der Waals surface area contributed by atoms with Gasteiger partial charge in [-0.05, 0) is 19.8 Å². The Kier molecular flexibility index (Phi) is 2.63. The predicted molar refractivity (Wildman–Crippen MR) is 52.9 cm³/mol. The van der Waals surface area contributed by atoms with Crippen molar-refractivity contribution in [2.75, 3.05) is 19.8 Å². The molecule has 2 atom stereocenters. The van der Waals surface area contributed by atoms with Crippen LogP contribution < -0.4 is 0 Å². The molecule has 1 amide bonds. The molecule has 2 aliphatic heterocycles. The van der Waals surface area contributed by atoms with Crippen LogP contribution in [0.5, 0.6) is 0 Å². The number of ether oxygens (including phenoxy) is 1. The highest BCUT2D eigenvalue weighted by Gasteiger charge is 2.37. The van der Waals surface area contributed by atoms with E-state index in [1.807, 2.05) is 4.90 Å². The van der Waals surface area contributed by atoms with E-state index in [9.17, 15) is 4.79 Å². The van der Waals surface area contributed by atoms with E-state index >= 15 is 0 Å². The number of amides is 1. The van der Waals surface area contributed by atoms with Gasteiger partial charge in [-0.1, -0.05) is 6.92 Å². The Labute approximate surface area is 84.8 Å². The van der Waals surface area contributed by atoms with Crippen LogP contribution in [-0.2, 0) is 4.74 Å². The monoisotopic (exact) mass is 198 g/mol. The first kappa shape index (κ1) is 9.77. The molecule has 2 fully saturated rings. The van der Waals surface area contributed by atoms with E-state index in [1.54, 1.807) is 0 Å². The van der Waals surface area contributed by atoms with Gasteiger partial charge in [-0.2, -0.15) is 0 Å². The summed E-state index contributed by atoms with van der Waals surface area (Å²) in [6.07, 6.45) is 2.05. The van der Waals surface area contributed by atoms with Crippen molar-refractivity contribution in [3.05, 3.63) is 0 Å². The first-order valence-electron chi connectivity index (χ1n) is 5.39. The lowest BCUT2D eigenvalue weighted by atomic mass is 10.1. The molecule has 0 radical (unpaired) electrons. The molecule has 2 aliphatic rings. The molecule has 80 valence electrons. The number of rotatable bonds is 2. The van der Waals surface area contributed by atoms with Crippen LogP contribution in [0.25, 0.3) is 0 Å². The fourth-order valence-electron chi connectivity index (χ4n) is 2.10. The molecular formula is C10H18N2O2. The quantitative estimate of drug-likeness (QED) is 0.670. The smallest absolute Gasteiger partial charge is 0.411 e. The number of hydrogen-bond acceptors (Lipinski definition) is 3. The summed E-state index contributed by atoms with van der Waals surface area (Å²) in [6, 6.07) is 0.896. The van der Waals surface area contributed by atoms with E-state index in [0.717, 1.165) is 26.1 Å². The van der Waals surface area contributed by atoms with Crippen molar-refractivity contribution < 1.29 is 9.53 Å². The molecule has 4 heteroatoms. The first-order valence-corrected chi connectivity index (χ1v) is 5.39. The van der Waals surface area contributed by atoms with Gasteiger partial charge < -0.3 is 4.74 Å². The van der Waals surface area contributed by atoms with Gasteiger partial charge in [-0.25, -0.2) is 4.79 Å². The Morgan fingerprint density at radius 1 is 1.64 bits per heavy atom. The van der Waals surface area contributed by atoms with Crippen LogP contribution in [0.3, 0.4) is 0 Å². The summed E-state index contributed by atoms with van der Waals surface area (Å²) in [4.78, 5) is 15.5. The SMILES string of the molecule is CCC(C)N1CCC2COC(=O)N2C1. The number of carbonyl (C=O) groups is 1. The van der Waals surface area contributed by atoms with Gasteiger partial charge in [0.1, 0.15) is 6.61 Å². The van der Waals surface area contributed by atoms with Gasteiger partial charge in [0, 0.05) is 12.6 Å². The van der Waals surface area contributed by atoms with Gasteiger partial charge in [-0.3, -0.25) is 9.80 Å². The summed E-state index contributed by atoms with van der Waals surface area (Å²) < 4.78 is 5.02. The van der Waals surface area contributed by atoms with Crippen LogP contribution in [-0.4, -0.2) is 47.8 Å². The molecule has 0 bridgehead atoms. The molecule has 0 spiro atoms. The Hall–Kier alpha value is -0.770. The number of cyclic esters (lactones) is 1. The van der Waals surface area contributed by atoms with Crippen LogP contribution in [0.15, 0.2) is 0 Å². The topological polar surface area (TPSA) is 32.8 Å². The lowest BCUT2D eigenvalue weighted by molar-refractivity contribution is 0.0592. The Morgan fingerprint density at radius 2 is 2.43 bits per heavy atom. The highest BCUT2D eigenvalue weighted by Crippen LogP contribution is 2.22. The molecule has 2 rings (SSSR count). The zero-order valence-corrected chi connectivity index (χ0v) is 8.90. The summed E-state index contributed by atoms with van der Waals surface area (Å²) in [5, 5.41) is 0. The largest absolute Gasteiger partial charge is 0.447 e. The third kappa shape index (κ3) is 1.59. The highest BCUT2D eigenvalue weighted by molar-refractivity contribution is 5.70. The van der Waals surface area contributed by atoms with Crippen LogP contribution in [0.1, 0.15) is 26.7 Å². The average molecular weight is 198 g/mol. The summed E-state index contributed by atoms with van der Waals surface area (Å²) >= 11 is 0. The zero-order chi connectivity index (χ0) is 10.1. The average Bonchev–Trinajstić information content (AvgIpc) is 2.59. The molecule has 2 heterocycles. The summed E-state index contributed by atoms with van der Waals surface area (Å²) in [7, 11) is 0. The normalized spacial score (nSPS) is 30.0. The van der Waals surface area contributed by atoms with E-state index in [4.69, 9.17) is 4.74 Å². The maximum atomic E-state index is 11.3. The summed E-state index contributed by atoms with van der Waals surface area (Å²) in [5.41, 5.74) is 0. The molecule has 2 saturated heterocycles. The number of carbonyl (C=O) groups excluding carboxylic acids is 1. The van der Waals surface area contributed by atoms with Crippen molar-refractivity contribution in [3.8, 4) is 0 Å². The lowest BCUT2D eigenvalue weighted by Crippen LogP contribution is -2.52. The number of fused-ring (bicyclic) bond motifs is 1. The minimum Gasteiger partial charge on any atom is -0.447 e. The third-order valence-electron chi connectivity index (χ3n) is 3.37. The number of hydrogen-bond donors (Lipinski definition) is 0. The van der Waals surface area contributed by atoms with Crippen molar-refractivity contribution in [2.24, 2.45) is 0 Å². The maximum Gasteiger partial charge on any atom is 0.411 e. The van der Waals surface area contributed by atoms with Crippen molar-refractivity contribution in [3.63, 3.8) is 0 Å². The number of nitrogens with zero attached hydrogens (tertiary/aromatic N) is 2. The highest BCUT2D eigenvalue weighted by atomic mass is 16.6. The Balaban J connectivity index is 1.98. The van der Waals surface area contributed by atoms with Crippen LogP contribution in [0.2, 0.25) is 0 Å². The molecule has 0 saturated carbocycles.